The van der Waals surface area contributed by atoms with E-state index in [2.05, 4.69) is 10.6 Å². The highest BCUT2D eigenvalue weighted by Gasteiger charge is 2.07. The first kappa shape index (κ1) is 19.3. The minimum Gasteiger partial charge on any atom is -0.493 e. The quantitative estimate of drug-likeness (QED) is 0.558. The zero-order valence-corrected chi connectivity index (χ0v) is 15.1. The lowest BCUT2D eigenvalue weighted by Gasteiger charge is -2.10. The fourth-order valence-electron chi connectivity index (χ4n) is 2.25. The number of ether oxygens (including phenoxy) is 2. The molecule has 0 aromatic heterocycles. The standard InChI is InChI=1S/C20H24N2O4/c1-3-25-19(23)16-9-11-17(12-10-16)22-20(24)21-13-6-14-26-18-8-5-4-7-15(18)2/h4-5,7-12H,3,6,13-14H2,1-2H3,(H2,21,22,24). The van der Waals surface area contributed by atoms with E-state index in [4.69, 9.17) is 9.47 Å². The summed E-state index contributed by atoms with van der Waals surface area (Å²) in [6.07, 6.45) is 0.698. The molecular weight excluding hydrogens is 332 g/mol. The maximum atomic E-state index is 11.9. The molecule has 0 saturated carbocycles. The molecule has 0 aliphatic carbocycles. The number of hydrogen-bond acceptors (Lipinski definition) is 4. The maximum absolute atomic E-state index is 11.9. The van der Waals surface area contributed by atoms with Crippen LogP contribution in [0.3, 0.4) is 0 Å². The highest BCUT2D eigenvalue weighted by molar-refractivity contribution is 5.92. The first-order valence-electron chi connectivity index (χ1n) is 8.60. The van der Waals surface area contributed by atoms with Crippen molar-refractivity contribution in [3.63, 3.8) is 0 Å². The van der Waals surface area contributed by atoms with Gasteiger partial charge in [0.15, 0.2) is 0 Å². The summed E-state index contributed by atoms with van der Waals surface area (Å²) in [6.45, 7) is 5.10. The molecule has 0 unspecified atom stereocenters. The van der Waals surface area contributed by atoms with Gasteiger partial charge in [0.1, 0.15) is 5.75 Å². The highest BCUT2D eigenvalue weighted by Crippen LogP contribution is 2.16. The van der Waals surface area contributed by atoms with E-state index in [1.54, 1.807) is 31.2 Å². The number of hydrogen-bond donors (Lipinski definition) is 2. The monoisotopic (exact) mass is 356 g/mol. The molecule has 0 heterocycles. The number of carbonyl (C=O) groups is 2. The molecule has 0 aliphatic rings. The molecule has 0 fully saturated rings. The second kappa shape index (κ2) is 10.1. The molecule has 0 atom stereocenters. The Morgan fingerprint density at radius 1 is 1.04 bits per heavy atom. The molecule has 2 aromatic rings. The van der Waals surface area contributed by atoms with Crippen molar-refractivity contribution in [1.29, 1.82) is 0 Å². The molecule has 0 saturated heterocycles. The number of anilines is 1. The molecule has 2 rings (SSSR count). The fraction of sp³-hybridized carbons (Fsp3) is 0.300. The molecule has 2 amide bonds. The number of nitrogens with one attached hydrogen (secondary N) is 2. The van der Waals surface area contributed by atoms with Crippen LogP contribution in [0, 0.1) is 6.92 Å². The predicted octanol–water partition coefficient (Wildman–Crippen LogP) is 3.76. The van der Waals surface area contributed by atoms with Crippen molar-refractivity contribution in [1.82, 2.24) is 5.32 Å². The largest absolute Gasteiger partial charge is 0.493 e. The molecular formula is C20H24N2O4. The topological polar surface area (TPSA) is 76.7 Å². The maximum Gasteiger partial charge on any atom is 0.338 e. The van der Waals surface area contributed by atoms with Gasteiger partial charge in [-0.3, -0.25) is 0 Å². The third kappa shape index (κ3) is 6.12. The van der Waals surface area contributed by atoms with Crippen LogP contribution in [-0.2, 0) is 4.74 Å². The van der Waals surface area contributed by atoms with E-state index in [1.165, 1.54) is 0 Å². The second-order valence-electron chi connectivity index (χ2n) is 5.65. The van der Waals surface area contributed by atoms with Crippen LogP contribution in [0.2, 0.25) is 0 Å². The van der Waals surface area contributed by atoms with Gasteiger partial charge in [0.05, 0.1) is 18.8 Å². The van der Waals surface area contributed by atoms with Crippen LogP contribution >= 0.6 is 0 Å². The van der Waals surface area contributed by atoms with E-state index in [-0.39, 0.29) is 12.0 Å². The lowest BCUT2D eigenvalue weighted by Crippen LogP contribution is -2.30. The fourth-order valence-corrected chi connectivity index (χ4v) is 2.25. The molecule has 2 aromatic carbocycles. The molecule has 0 bridgehead atoms. The molecule has 0 aliphatic heterocycles. The van der Waals surface area contributed by atoms with E-state index in [0.29, 0.717) is 37.4 Å². The lowest BCUT2D eigenvalue weighted by molar-refractivity contribution is 0.0526. The van der Waals surface area contributed by atoms with Crippen LogP contribution in [-0.4, -0.2) is 31.8 Å². The molecule has 138 valence electrons. The minimum atomic E-state index is -0.378. The molecule has 0 spiro atoms. The van der Waals surface area contributed by atoms with Gasteiger partial charge in [-0.2, -0.15) is 0 Å². The zero-order valence-electron chi connectivity index (χ0n) is 15.1. The van der Waals surface area contributed by atoms with Gasteiger partial charge in [-0.1, -0.05) is 18.2 Å². The lowest BCUT2D eigenvalue weighted by atomic mass is 10.2. The number of para-hydroxylation sites is 1. The number of benzene rings is 2. The second-order valence-corrected chi connectivity index (χ2v) is 5.65. The summed E-state index contributed by atoms with van der Waals surface area (Å²) in [5.74, 6) is 0.482. The van der Waals surface area contributed by atoms with Gasteiger partial charge in [-0.05, 0) is 56.2 Å². The van der Waals surface area contributed by atoms with Crippen LogP contribution in [0.5, 0.6) is 5.75 Å². The number of aryl methyl sites for hydroxylation is 1. The van der Waals surface area contributed by atoms with Crippen molar-refractivity contribution in [3.8, 4) is 5.75 Å². The molecule has 26 heavy (non-hydrogen) atoms. The van der Waals surface area contributed by atoms with Crippen molar-refractivity contribution in [2.24, 2.45) is 0 Å². The summed E-state index contributed by atoms with van der Waals surface area (Å²) in [6, 6.07) is 14.1. The summed E-state index contributed by atoms with van der Waals surface area (Å²) in [4.78, 5) is 23.4. The predicted molar refractivity (Wildman–Crippen MR) is 101 cm³/mol. The third-order valence-electron chi connectivity index (χ3n) is 3.61. The molecule has 6 heteroatoms. The number of carbonyl (C=O) groups excluding carboxylic acids is 2. The first-order valence-corrected chi connectivity index (χ1v) is 8.60. The van der Waals surface area contributed by atoms with Crippen LogP contribution < -0.4 is 15.4 Å². The Balaban J connectivity index is 1.67. The highest BCUT2D eigenvalue weighted by atomic mass is 16.5. The van der Waals surface area contributed by atoms with Crippen molar-refractivity contribution >= 4 is 17.7 Å². The molecule has 6 nitrogen and oxygen atoms in total. The van der Waals surface area contributed by atoms with E-state index < -0.39 is 0 Å². The van der Waals surface area contributed by atoms with Gasteiger partial charge >= 0.3 is 12.0 Å². The summed E-state index contributed by atoms with van der Waals surface area (Å²) in [7, 11) is 0. The van der Waals surface area contributed by atoms with Crippen molar-refractivity contribution in [2.45, 2.75) is 20.3 Å². The number of amides is 2. The van der Waals surface area contributed by atoms with Gasteiger partial charge in [0.2, 0.25) is 0 Å². The van der Waals surface area contributed by atoms with Crippen LogP contribution in [0.1, 0.15) is 29.3 Å². The van der Waals surface area contributed by atoms with E-state index in [1.807, 2.05) is 31.2 Å². The number of rotatable bonds is 8. The molecule has 2 N–H and O–H groups in total. The van der Waals surface area contributed by atoms with E-state index in [0.717, 1.165) is 11.3 Å². The van der Waals surface area contributed by atoms with Crippen molar-refractivity contribution in [3.05, 3.63) is 59.7 Å². The average molecular weight is 356 g/mol. The Kier molecular flexibility index (Phi) is 7.49. The van der Waals surface area contributed by atoms with Gasteiger partial charge in [-0.15, -0.1) is 0 Å². The average Bonchev–Trinajstić information content (AvgIpc) is 2.63. The summed E-state index contributed by atoms with van der Waals surface area (Å²) >= 11 is 0. The smallest absolute Gasteiger partial charge is 0.338 e. The number of esters is 1. The van der Waals surface area contributed by atoms with Crippen molar-refractivity contribution in [2.75, 3.05) is 25.1 Å². The molecule has 0 radical (unpaired) electrons. The van der Waals surface area contributed by atoms with Crippen LogP contribution in [0.25, 0.3) is 0 Å². The van der Waals surface area contributed by atoms with Gasteiger partial charge in [0, 0.05) is 12.2 Å². The Labute approximate surface area is 153 Å². The Bertz CT molecular complexity index is 729. The van der Waals surface area contributed by atoms with E-state index in [9.17, 15) is 9.59 Å². The minimum absolute atomic E-state index is 0.301. The Morgan fingerprint density at radius 3 is 2.46 bits per heavy atom. The van der Waals surface area contributed by atoms with Gasteiger partial charge < -0.3 is 20.1 Å². The Hall–Kier alpha value is -3.02. The summed E-state index contributed by atoms with van der Waals surface area (Å²) in [5, 5.41) is 5.48. The SMILES string of the molecule is CCOC(=O)c1ccc(NC(=O)NCCCOc2ccccc2C)cc1. The summed E-state index contributed by atoms with van der Waals surface area (Å²) < 4.78 is 10.6. The number of urea groups is 1. The third-order valence-corrected chi connectivity index (χ3v) is 3.61. The van der Waals surface area contributed by atoms with Gasteiger partial charge in [0.25, 0.3) is 0 Å². The normalized spacial score (nSPS) is 10.1. The van der Waals surface area contributed by atoms with E-state index >= 15 is 0 Å². The first-order chi connectivity index (χ1) is 12.6. The zero-order chi connectivity index (χ0) is 18.8. The van der Waals surface area contributed by atoms with Crippen LogP contribution in [0.4, 0.5) is 10.5 Å². The van der Waals surface area contributed by atoms with Crippen LogP contribution in [0.15, 0.2) is 48.5 Å². The van der Waals surface area contributed by atoms with Crippen molar-refractivity contribution < 1.29 is 19.1 Å². The van der Waals surface area contributed by atoms with Gasteiger partial charge in [-0.25, -0.2) is 9.59 Å². The Morgan fingerprint density at radius 2 is 1.77 bits per heavy atom. The summed E-state index contributed by atoms with van der Waals surface area (Å²) in [5.41, 5.74) is 2.14.